The van der Waals surface area contributed by atoms with Crippen molar-refractivity contribution in [2.45, 2.75) is 43.8 Å². The molecule has 33 heavy (non-hydrogen) atoms. The molecule has 172 valence electrons. The number of fused-ring (bicyclic) bond motifs is 1. The number of nitrogens with zero attached hydrogens (tertiary/aromatic N) is 3. The summed E-state index contributed by atoms with van der Waals surface area (Å²) in [6.45, 7) is 5.20. The van der Waals surface area contributed by atoms with Gasteiger partial charge in [-0.3, -0.25) is 9.36 Å². The lowest BCUT2D eigenvalue weighted by atomic mass is 10.2. The fourth-order valence-electron chi connectivity index (χ4n) is 3.40. The lowest BCUT2D eigenvalue weighted by molar-refractivity contribution is 0.0743. The first-order valence-corrected chi connectivity index (χ1v) is 12.7. The molecule has 0 fully saturated rings. The first-order valence-electron chi connectivity index (χ1n) is 10.9. The second-order valence-corrected chi connectivity index (χ2v) is 9.61. The van der Waals surface area contributed by atoms with E-state index in [4.69, 9.17) is 19.4 Å². The number of thiazole rings is 1. The molecule has 0 saturated carbocycles. The average Bonchev–Trinajstić information content (AvgIpc) is 3.31. The second kappa shape index (κ2) is 11.0. The van der Waals surface area contributed by atoms with Crippen molar-refractivity contribution < 1.29 is 9.47 Å². The van der Waals surface area contributed by atoms with Gasteiger partial charge in [0, 0.05) is 29.8 Å². The van der Waals surface area contributed by atoms with Crippen molar-refractivity contribution in [1.82, 2.24) is 14.5 Å². The van der Waals surface area contributed by atoms with Gasteiger partial charge in [0.05, 0.1) is 29.8 Å². The standard InChI is InChI=1S/C25H27N3O3S2/c1-17(2)31-13-7-12-28-24(29)21-10-4-5-11-22(21)27-25(28)33-16-19-15-32-23(26-19)18-8-6-9-20(14-18)30-3/h4-6,8-11,14-15,17H,7,12-13,16H2,1-3H3. The van der Waals surface area contributed by atoms with E-state index in [1.165, 1.54) is 0 Å². The Kier molecular flexibility index (Phi) is 7.80. The zero-order chi connectivity index (χ0) is 23.2. The summed E-state index contributed by atoms with van der Waals surface area (Å²) in [6, 6.07) is 15.4. The summed E-state index contributed by atoms with van der Waals surface area (Å²) in [5.41, 5.74) is 2.69. The van der Waals surface area contributed by atoms with Crippen molar-refractivity contribution in [2.24, 2.45) is 0 Å². The van der Waals surface area contributed by atoms with E-state index in [1.54, 1.807) is 34.8 Å². The first kappa shape index (κ1) is 23.5. The summed E-state index contributed by atoms with van der Waals surface area (Å²) in [6.07, 6.45) is 0.927. The van der Waals surface area contributed by atoms with Crippen LogP contribution in [0.2, 0.25) is 0 Å². The fourth-order valence-corrected chi connectivity index (χ4v) is 5.24. The molecule has 0 spiro atoms. The molecule has 0 aliphatic heterocycles. The Balaban J connectivity index is 1.54. The quantitative estimate of drug-likeness (QED) is 0.166. The Morgan fingerprint density at radius 2 is 1.97 bits per heavy atom. The Morgan fingerprint density at radius 1 is 1.12 bits per heavy atom. The molecule has 0 aliphatic carbocycles. The van der Waals surface area contributed by atoms with Gasteiger partial charge in [0.2, 0.25) is 0 Å². The molecule has 0 bridgehead atoms. The number of aromatic nitrogens is 3. The molecule has 0 saturated heterocycles. The van der Waals surface area contributed by atoms with Crippen LogP contribution in [0.4, 0.5) is 0 Å². The predicted molar refractivity (Wildman–Crippen MR) is 135 cm³/mol. The van der Waals surface area contributed by atoms with Gasteiger partial charge >= 0.3 is 0 Å². The van der Waals surface area contributed by atoms with Crippen LogP contribution < -0.4 is 10.3 Å². The number of methoxy groups -OCH3 is 1. The second-order valence-electron chi connectivity index (χ2n) is 7.81. The van der Waals surface area contributed by atoms with Crippen LogP contribution in [-0.2, 0) is 17.0 Å². The van der Waals surface area contributed by atoms with Crippen LogP contribution in [0.25, 0.3) is 21.5 Å². The van der Waals surface area contributed by atoms with Crippen LogP contribution in [0.5, 0.6) is 5.75 Å². The van der Waals surface area contributed by atoms with E-state index in [1.807, 2.05) is 62.4 Å². The van der Waals surface area contributed by atoms with Gasteiger partial charge in [-0.25, -0.2) is 9.97 Å². The highest BCUT2D eigenvalue weighted by atomic mass is 32.2. The van der Waals surface area contributed by atoms with Gasteiger partial charge in [0.1, 0.15) is 10.8 Å². The number of benzene rings is 2. The number of thioether (sulfide) groups is 1. The normalized spacial score (nSPS) is 11.4. The first-order chi connectivity index (χ1) is 16.0. The summed E-state index contributed by atoms with van der Waals surface area (Å²) in [5, 5.41) is 4.35. The molecule has 6 nitrogen and oxygen atoms in total. The highest BCUT2D eigenvalue weighted by Gasteiger charge is 2.13. The van der Waals surface area contributed by atoms with Crippen LogP contribution in [0.15, 0.2) is 63.9 Å². The number of rotatable bonds is 10. The van der Waals surface area contributed by atoms with Crippen LogP contribution in [0, 0.1) is 0 Å². The van der Waals surface area contributed by atoms with Crippen molar-refractivity contribution >= 4 is 34.0 Å². The predicted octanol–water partition coefficient (Wildman–Crippen LogP) is 5.64. The molecule has 8 heteroatoms. The minimum absolute atomic E-state index is 0.0111. The maximum Gasteiger partial charge on any atom is 0.262 e. The van der Waals surface area contributed by atoms with Crippen LogP contribution in [-0.4, -0.2) is 34.4 Å². The van der Waals surface area contributed by atoms with E-state index < -0.39 is 0 Å². The zero-order valence-electron chi connectivity index (χ0n) is 19.0. The van der Waals surface area contributed by atoms with Gasteiger partial charge in [-0.1, -0.05) is 36.0 Å². The fraction of sp³-hybridized carbons (Fsp3) is 0.320. The third kappa shape index (κ3) is 5.82. The minimum atomic E-state index is -0.0111. The molecule has 4 aromatic rings. The lowest BCUT2D eigenvalue weighted by Gasteiger charge is -2.13. The molecular formula is C25H27N3O3S2. The highest BCUT2D eigenvalue weighted by molar-refractivity contribution is 7.98. The van der Waals surface area contributed by atoms with Crippen molar-refractivity contribution in [3.8, 4) is 16.3 Å². The topological polar surface area (TPSA) is 66.2 Å². The SMILES string of the molecule is COc1cccc(-c2nc(CSc3nc4ccccc4c(=O)n3CCCOC(C)C)cs2)c1. The number of hydrogen-bond donors (Lipinski definition) is 0. The maximum atomic E-state index is 13.2. The Morgan fingerprint density at radius 3 is 2.79 bits per heavy atom. The average molecular weight is 482 g/mol. The largest absolute Gasteiger partial charge is 0.497 e. The molecule has 2 aromatic carbocycles. The van der Waals surface area contributed by atoms with Crippen LogP contribution in [0.1, 0.15) is 26.0 Å². The van der Waals surface area contributed by atoms with E-state index in [2.05, 4.69) is 5.38 Å². The van der Waals surface area contributed by atoms with E-state index in [0.29, 0.717) is 29.4 Å². The molecule has 0 amide bonds. The monoisotopic (exact) mass is 481 g/mol. The van der Waals surface area contributed by atoms with Crippen molar-refractivity contribution in [1.29, 1.82) is 0 Å². The summed E-state index contributed by atoms with van der Waals surface area (Å²) in [7, 11) is 1.66. The van der Waals surface area contributed by atoms with Gasteiger partial charge < -0.3 is 9.47 Å². The number of ether oxygens (including phenoxy) is 2. The number of hydrogen-bond acceptors (Lipinski definition) is 7. The van der Waals surface area contributed by atoms with E-state index in [-0.39, 0.29) is 11.7 Å². The van der Waals surface area contributed by atoms with E-state index in [9.17, 15) is 4.79 Å². The summed E-state index contributed by atoms with van der Waals surface area (Å²) >= 11 is 3.14. The van der Waals surface area contributed by atoms with Crippen molar-refractivity contribution in [3.05, 3.63) is 70.0 Å². The van der Waals surface area contributed by atoms with E-state index >= 15 is 0 Å². The molecule has 2 aromatic heterocycles. The van der Waals surface area contributed by atoms with Crippen molar-refractivity contribution in [2.75, 3.05) is 13.7 Å². The molecule has 0 N–H and O–H groups in total. The lowest BCUT2D eigenvalue weighted by Crippen LogP contribution is -2.24. The Bertz CT molecular complexity index is 1280. The van der Waals surface area contributed by atoms with Gasteiger partial charge in [0.15, 0.2) is 5.16 Å². The Hall–Kier alpha value is -2.68. The van der Waals surface area contributed by atoms with Gasteiger partial charge in [-0.2, -0.15) is 0 Å². The van der Waals surface area contributed by atoms with Gasteiger partial charge in [-0.15, -0.1) is 11.3 Å². The third-order valence-corrected chi connectivity index (χ3v) is 6.97. The van der Waals surface area contributed by atoms with Crippen LogP contribution >= 0.6 is 23.1 Å². The molecule has 2 heterocycles. The van der Waals surface area contributed by atoms with E-state index in [0.717, 1.165) is 34.0 Å². The zero-order valence-corrected chi connectivity index (χ0v) is 20.6. The smallest absolute Gasteiger partial charge is 0.262 e. The summed E-state index contributed by atoms with van der Waals surface area (Å²) in [4.78, 5) is 22.8. The maximum absolute atomic E-state index is 13.2. The van der Waals surface area contributed by atoms with Gasteiger partial charge in [0.25, 0.3) is 5.56 Å². The van der Waals surface area contributed by atoms with Crippen molar-refractivity contribution in [3.63, 3.8) is 0 Å². The minimum Gasteiger partial charge on any atom is -0.497 e. The van der Waals surface area contributed by atoms with Crippen LogP contribution in [0.3, 0.4) is 0 Å². The Labute approximate surface area is 201 Å². The summed E-state index contributed by atoms with van der Waals surface area (Å²) < 4.78 is 12.8. The molecule has 0 aliphatic rings. The molecule has 0 atom stereocenters. The molecular weight excluding hydrogens is 454 g/mol. The summed E-state index contributed by atoms with van der Waals surface area (Å²) in [5.74, 6) is 1.44. The number of para-hydroxylation sites is 1. The molecule has 0 radical (unpaired) electrons. The highest BCUT2D eigenvalue weighted by Crippen LogP contribution is 2.29. The molecule has 4 rings (SSSR count). The molecule has 0 unspecified atom stereocenters. The third-order valence-electron chi connectivity index (χ3n) is 5.02. The van der Waals surface area contributed by atoms with Gasteiger partial charge in [-0.05, 0) is 44.5 Å².